The van der Waals surface area contributed by atoms with Crippen LogP contribution in [-0.2, 0) is 37.4 Å². The molecule has 0 radical (unpaired) electrons. The average Bonchev–Trinajstić information content (AvgIpc) is 3.60. The molecule has 61 heavy (non-hydrogen) atoms. The quantitative estimate of drug-likeness (QED) is 0.0599. The number of hydrogen-bond donors (Lipinski definition) is 3. The largest absolute Gasteiger partial charge is 0.481 e. The molecule has 3 aromatic rings. The number of allylic oxidation sites excluding steroid dienone is 1. The first-order valence-corrected chi connectivity index (χ1v) is 24.2. The molecule has 1 aromatic carbocycles. The summed E-state index contributed by atoms with van der Waals surface area (Å²) >= 11 is 0. The highest BCUT2D eigenvalue weighted by atomic mass is 33.1. The maximum atomic E-state index is 14.5. The summed E-state index contributed by atoms with van der Waals surface area (Å²) in [5, 5.41) is 14.4. The number of nitrogens with two attached hydrogens (primary N) is 1. The molecule has 6 aliphatic rings. The van der Waals surface area contributed by atoms with Crippen LogP contribution >= 0.6 is 21.6 Å². The number of ether oxygens (including phenoxy) is 2. The number of nitrogen functional groups attached to an aromatic ring is 1. The monoisotopic (exact) mass is 868 g/mol. The van der Waals surface area contributed by atoms with Gasteiger partial charge in [-0.3, -0.25) is 4.79 Å². The second kappa shape index (κ2) is 16.2. The predicted octanol–water partition coefficient (Wildman–Crippen LogP) is 6.35. The Bertz CT molecular complexity index is 2390. The minimum Gasteiger partial charge on any atom is -0.481 e. The summed E-state index contributed by atoms with van der Waals surface area (Å²) in [6, 6.07) is 7.65. The van der Waals surface area contributed by atoms with Crippen molar-refractivity contribution < 1.29 is 33.4 Å². The molecule has 3 aliphatic carbocycles. The molecular formula is C47H56N4O8S2. The van der Waals surface area contributed by atoms with E-state index >= 15 is 0 Å². The van der Waals surface area contributed by atoms with E-state index in [0.29, 0.717) is 66.3 Å². The number of rotatable bonds is 7. The van der Waals surface area contributed by atoms with Gasteiger partial charge < -0.3 is 39.7 Å². The first-order valence-electron chi connectivity index (χ1n) is 21.8. The first kappa shape index (κ1) is 42.2. The van der Waals surface area contributed by atoms with Gasteiger partial charge in [0, 0.05) is 89.1 Å². The number of fused-ring (bicyclic) bond motifs is 6. The second-order valence-electron chi connectivity index (χ2n) is 18.4. The highest BCUT2D eigenvalue weighted by Crippen LogP contribution is 2.59. The first-order chi connectivity index (χ1) is 29.4. The molecule has 2 aromatic heterocycles. The van der Waals surface area contributed by atoms with E-state index in [1.54, 1.807) is 53.8 Å². The smallest absolute Gasteiger partial charge is 0.340 e. The third kappa shape index (κ3) is 6.94. The van der Waals surface area contributed by atoms with E-state index in [1.165, 1.54) is 0 Å². The van der Waals surface area contributed by atoms with Crippen molar-refractivity contribution in [2.45, 2.75) is 125 Å². The Balaban J connectivity index is 1.18. The van der Waals surface area contributed by atoms with Gasteiger partial charge in [0.1, 0.15) is 23.4 Å². The van der Waals surface area contributed by atoms with Crippen LogP contribution in [0.5, 0.6) is 5.75 Å². The number of aliphatic hydroxyl groups is 1. The molecule has 2 saturated carbocycles. The van der Waals surface area contributed by atoms with Crippen molar-refractivity contribution in [3.8, 4) is 5.75 Å². The lowest BCUT2D eigenvalue weighted by atomic mass is 9.61. The molecule has 12 nitrogen and oxygen atoms in total. The minimum absolute atomic E-state index is 0.00213. The Morgan fingerprint density at radius 2 is 1.97 bits per heavy atom. The van der Waals surface area contributed by atoms with Gasteiger partial charge in [-0.25, -0.2) is 14.6 Å². The van der Waals surface area contributed by atoms with Crippen LogP contribution in [0.25, 0.3) is 11.0 Å². The van der Waals surface area contributed by atoms with Crippen molar-refractivity contribution in [3.63, 3.8) is 0 Å². The molecule has 9 rings (SSSR count). The highest BCUT2D eigenvalue weighted by molar-refractivity contribution is 8.77. The lowest BCUT2D eigenvalue weighted by Crippen LogP contribution is -2.72. The van der Waals surface area contributed by atoms with Crippen molar-refractivity contribution in [3.05, 3.63) is 86.4 Å². The van der Waals surface area contributed by atoms with Gasteiger partial charge >= 0.3 is 11.6 Å². The zero-order chi connectivity index (χ0) is 42.8. The summed E-state index contributed by atoms with van der Waals surface area (Å²) in [6.07, 6.45) is 13.3. The summed E-state index contributed by atoms with van der Waals surface area (Å²) < 4.78 is 20.1. The van der Waals surface area contributed by atoms with Gasteiger partial charge in [0.2, 0.25) is 5.91 Å². The van der Waals surface area contributed by atoms with Crippen LogP contribution in [0.1, 0.15) is 100 Å². The minimum atomic E-state index is -1.23. The van der Waals surface area contributed by atoms with Crippen LogP contribution in [0.2, 0.25) is 0 Å². The van der Waals surface area contributed by atoms with Crippen LogP contribution in [0.15, 0.2) is 63.0 Å². The maximum absolute atomic E-state index is 14.5. The SMILES string of the molecule is CC=C(C)C(=O)OC1(C)CC=C2CSSC3CC(C=O)C(NC)C4CN(C(=O)Cc5cnc(N)cc5C2C12Cc1cc5cc(C6(CCO)CCCCC6)c(=O)oc5cc1O2)C34. The predicted molar refractivity (Wildman–Crippen MR) is 238 cm³/mol. The Morgan fingerprint density at radius 1 is 1.16 bits per heavy atom. The molecule has 8 atom stereocenters. The lowest BCUT2D eigenvalue weighted by molar-refractivity contribution is -0.183. The highest BCUT2D eigenvalue weighted by Gasteiger charge is 2.64. The van der Waals surface area contributed by atoms with Gasteiger partial charge in [0.15, 0.2) is 11.2 Å². The van der Waals surface area contributed by atoms with Crippen molar-refractivity contribution in [2.24, 2.45) is 11.8 Å². The van der Waals surface area contributed by atoms with Crippen molar-refractivity contribution >= 4 is 56.5 Å². The van der Waals surface area contributed by atoms with E-state index in [4.69, 9.17) is 19.6 Å². The van der Waals surface area contributed by atoms with E-state index in [9.17, 15) is 24.3 Å². The van der Waals surface area contributed by atoms with Crippen LogP contribution in [0, 0.1) is 11.8 Å². The average molecular weight is 869 g/mol. The van der Waals surface area contributed by atoms with E-state index in [-0.39, 0.29) is 48.1 Å². The molecule has 3 aliphatic heterocycles. The molecule has 1 amide bonds. The van der Waals surface area contributed by atoms with Crippen LogP contribution < -0.4 is 21.4 Å². The molecule has 1 spiro atoms. The molecular weight excluding hydrogens is 813 g/mol. The summed E-state index contributed by atoms with van der Waals surface area (Å²) in [6.45, 7) is 6.03. The third-order valence-corrected chi connectivity index (χ3v) is 18.0. The number of aliphatic hydroxyl groups excluding tert-OH is 1. The van der Waals surface area contributed by atoms with E-state index < -0.39 is 34.1 Å². The fraction of sp³-hybridized carbons (Fsp3) is 0.553. The zero-order valence-electron chi connectivity index (χ0n) is 35.4. The number of anilines is 1. The number of aldehydes is 1. The van der Waals surface area contributed by atoms with E-state index in [2.05, 4.69) is 16.4 Å². The van der Waals surface area contributed by atoms with Crippen molar-refractivity contribution in [1.29, 1.82) is 0 Å². The summed E-state index contributed by atoms with van der Waals surface area (Å²) in [4.78, 5) is 61.1. The summed E-state index contributed by atoms with van der Waals surface area (Å²) in [5.74, 6) is 0.455. The normalized spacial score (nSPS) is 31.9. The van der Waals surface area contributed by atoms with Crippen LogP contribution in [0.4, 0.5) is 5.82 Å². The number of carbonyl (C=O) groups excluding carboxylic acids is 3. The number of hydrogen-bond acceptors (Lipinski definition) is 13. The lowest BCUT2D eigenvalue weighted by Gasteiger charge is -2.58. The van der Waals surface area contributed by atoms with Gasteiger partial charge in [0.25, 0.3) is 0 Å². The Morgan fingerprint density at radius 3 is 2.70 bits per heavy atom. The molecule has 5 heterocycles. The summed E-state index contributed by atoms with van der Waals surface area (Å²) in [5.41, 5.74) is 8.15. The maximum Gasteiger partial charge on any atom is 0.340 e. The number of nitrogens with one attached hydrogen (secondary N) is 1. The van der Waals surface area contributed by atoms with Gasteiger partial charge in [-0.05, 0) is 88.4 Å². The van der Waals surface area contributed by atoms with E-state index in [0.717, 1.165) is 66.0 Å². The van der Waals surface area contributed by atoms with Gasteiger partial charge in [-0.2, -0.15) is 0 Å². The van der Waals surface area contributed by atoms with Crippen LogP contribution in [0.3, 0.4) is 0 Å². The molecule has 0 bridgehead atoms. The van der Waals surface area contributed by atoms with Crippen molar-refractivity contribution in [2.75, 3.05) is 31.7 Å². The van der Waals surface area contributed by atoms with Gasteiger partial charge in [-0.15, -0.1) is 0 Å². The van der Waals surface area contributed by atoms with E-state index in [1.807, 2.05) is 37.1 Å². The Kier molecular flexibility index (Phi) is 11.2. The van der Waals surface area contributed by atoms with Gasteiger partial charge in [-0.1, -0.05) is 58.6 Å². The molecule has 1 saturated heterocycles. The molecule has 324 valence electrons. The molecule has 14 heteroatoms. The number of benzene rings is 1. The molecule has 3 fully saturated rings. The zero-order valence-corrected chi connectivity index (χ0v) is 37.0. The number of amides is 1. The number of pyridine rings is 1. The Labute approximate surface area is 364 Å². The van der Waals surface area contributed by atoms with Crippen molar-refractivity contribution in [1.82, 2.24) is 15.2 Å². The number of nitrogens with zero attached hydrogens (tertiary/aromatic N) is 2. The number of carbonyl (C=O) groups is 3. The third-order valence-electron chi connectivity index (χ3n) is 15.1. The van der Waals surface area contributed by atoms with Gasteiger partial charge in [0.05, 0.1) is 18.4 Å². The number of esters is 1. The Hall–Kier alpha value is -4.11. The molecule has 8 unspecified atom stereocenters. The van der Waals surface area contributed by atoms with Crippen LogP contribution in [-0.4, -0.2) is 87.6 Å². The number of aromatic nitrogens is 1. The standard InChI is InChI=1S/C47H56N4O8S2/c1-5-26(2)43(55)59-45(3)12-9-27-25-60-61-37-17-31(24-53)41(49-4)33-23-51(42(33)37)39(54)18-30-22-50-38(48)19-32(30)40(27)47(45)21-29-15-28-16-34(44(56)57-35(28)20-36(29)58-47)46(13-14-52)10-7-6-8-11-46/h5,9,15-16,19-20,22,24,31,33,37,40-42,49,52H,6-8,10-14,17-18,21,23,25H2,1-4H3,(H2,48,50). The fourth-order valence-electron chi connectivity index (χ4n) is 11.8. The summed E-state index contributed by atoms with van der Waals surface area (Å²) in [7, 11) is 5.37. The topological polar surface area (TPSA) is 174 Å². The fourth-order valence-corrected chi connectivity index (χ4v) is 14.9. The second-order valence-corrected chi connectivity index (χ2v) is 21.0. The molecule has 4 N–H and O–H groups in total.